The van der Waals surface area contributed by atoms with Crippen LogP contribution in [0.2, 0.25) is 5.02 Å². The summed E-state index contributed by atoms with van der Waals surface area (Å²) in [5.74, 6) is -0.199. The summed E-state index contributed by atoms with van der Waals surface area (Å²) in [5, 5.41) is 6.97. The molecule has 2 bridgehead atoms. The molecule has 0 radical (unpaired) electrons. The van der Waals surface area contributed by atoms with Crippen LogP contribution in [0.5, 0.6) is 5.75 Å². The second-order valence-corrected chi connectivity index (χ2v) is 5.34. The molecule has 0 saturated carbocycles. The fraction of sp³-hybridized carbons (Fsp3) is 0.364. The fourth-order valence-electron chi connectivity index (χ4n) is 2.35. The van der Waals surface area contributed by atoms with Crippen molar-refractivity contribution in [1.29, 1.82) is 0 Å². The summed E-state index contributed by atoms with van der Waals surface area (Å²) < 4.78 is 19.5. The first-order valence-electron chi connectivity index (χ1n) is 5.23. The van der Waals surface area contributed by atoms with E-state index in [9.17, 15) is 4.39 Å². The second kappa shape index (κ2) is 3.46. The summed E-state index contributed by atoms with van der Waals surface area (Å²) >= 11 is 11.0. The van der Waals surface area contributed by atoms with Crippen molar-refractivity contribution in [2.75, 3.05) is 0 Å². The van der Waals surface area contributed by atoms with Crippen LogP contribution in [0, 0.1) is 5.82 Å². The van der Waals surface area contributed by atoms with Gasteiger partial charge >= 0.3 is 0 Å². The predicted octanol–water partition coefficient (Wildman–Crippen LogP) is 2.50. The van der Waals surface area contributed by atoms with Crippen molar-refractivity contribution < 1.29 is 9.13 Å². The maximum atomic E-state index is 13.8. The lowest BCUT2D eigenvalue weighted by Gasteiger charge is -2.45. The zero-order chi connectivity index (χ0) is 12.2. The first kappa shape index (κ1) is 11.0. The molecule has 2 unspecified atom stereocenters. The molecular formula is C11H10ClFN2OS. The highest BCUT2D eigenvalue weighted by Crippen LogP contribution is 2.43. The molecule has 2 aliphatic heterocycles. The van der Waals surface area contributed by atoms with E-state index >= 15 is 0 Å². The monoisotopic (exact) mass is 272 g/mol. The van der Waals surface area contributed by atoms with Crippen molar-refractivity contribution >= 4 is 28.9 Å². The number of thiocarbonyl (C=S) groups is 1. The molecule has 90 valence electrons. The van der Waals surface area contributed by atoms with Gasteiger partial charge in [-0.05, 0) is 31.3 Å². The van der Waals surface area contributed by atoms with Crippen LogP contribution in [-0.2, 0) is 0 Å². The van der Waals surface area contributed by atoms with Crippen LogP contribution in [0.1, 0.15) is 24.9 Å². The molecule has 6 heteroatoms. The third kappa shape index (κ3) is 1.73. The minimum atomic E-state index is -0.658. The third-order valence-electron chi connectivity index (χ3n) is 3.02. The van der Waals surface area contributed by atoms with Gasteiger partial charge in [0.25, 0.3) is 0 Å². The Kier molecular flexibility index (Phi) is 2.25. The zero-order valence-electron chi connectivity index (χ0n) is 9.01. The normalized spacial score (nSPS) is 29.8. The lowest BCUT2D eigenvalue weighted by atomic mass is 9.92. The lowest BCUT2D eigenvalue weighted by Crippen LogP contribution is -2.62. The Balaban J connectivity index is 2.16. The average Bonchev–Trinajstić information content (AvgIpc) is 2.19. The van der Waals surface area contributed by atoms with Gasteiger partial charge in [-0.2, -0.15) is 0 Å². The van der Waals surface area contributed by atoms with Gasteiger partial charge < -0.3 is 15.4 Å². The molecule has 0 aliphatic carbocycles. The summed E-state index contributed by atoms with van der Waals surface area (Å²) in [6.07, 6.45) is 0.667. The van der Waals surface area contributed by atoms with Gasteiger partial charge in [0.1, 0.15) is 0 Å². The number of nitrogens with one attached hydrogen (secondary N) is 2. The number of halogens is 2. The Morgan fingerprint density at radius 3 is 3.12 bits per heavy atom. The molecule has 1 fully saturated rings. The Labute approximate surface area is 108 Å². The Bertz CT molecular complexity index is 524. The summed E-state index contributed by atoms with van der Waals surface area (Å²) in [4.78, 5) is 0. The molecule has 2 N–H and O–H groups in total. The fourth-order valence-corrected chi connectivity index (χ4v) is 2.92. The van der Waals surface area contributed by atoms with Gasteiger partial charge in [0.15, 0.2) is 22.4 Å². The van der Waals surface area contributed by atoms with Crippen molar-refractivity contribution in [3.63, 3.8) is 0 Å². The van der Waals surface area contributed by atoms with Crippen LogP contribution >= 0.6 is 23.8 Å². The number of benzene rings is 1. The van der Waals surface area contributed by atoms with Gasteiger partial charge in [0, 0.05) is 17.0 Å². The standard InChI is InChI=1S/C11H10ClFN2OS/c1-11-4-8(14-10(17)15-11)6-2-5(12)3-7(13)9(6)16-11/h2-3,8H,4H2,1H3,(H2,14,15,17). The molecule has 2 aliphatic rings. The van der Waals surface area contributed by atoms with E-state index in [1.165, 1.54) is 6.07 Å². The molecular weight excluding hydrogens is 263 g/mol. The highest BCUT2D eigenvalue weighted by molar-refractivity contribution is 7.80. The molecule has 2 heterocycles. The van der Waals surface area contributed by atoms with E-state index in [0.29, 0.717) is 16.6 Å². The molecule has 17 heavy (non-hydrogen) atoms. The summed E-state index contributed by atoms with van der Waals surface area (Å²) in [7, 11) is 0. The van der Waals surface area contributed by atoms with Crippen LogP contribution in [-0.4, -0.2) is 10.8 Å². The van der Waals surface area contributed by atoms with Gasteiger partial charge in [-0.25, -0.2) is 4.39 Å². The van der Waals surface area contributed by atoms with Crippen LogP contribution in [0.3, 0.4) is 0 Å². The minimum absolute atomic E-state index is 0.0642. The van der Waals surface area contributed by atoms with E-state index in [4.69, 9.17) is 28.6 Å². The first-order chi connectivity index (χ1) is 7.97. The Hall–Kier alpha value is -1.07. The summed E-state index contributed by atoms with van der Waals surface area (Å²) in [6.45, 7) is 1.85. The van der Waals surface area contributed by atoms with Crippen molar-refractivity contribution in [2.45, 2.75) is 25.1 Å². The van der Waals surface area contributed by atoms with Gasteiger partial charge in [-0.3, -0.25) is 0 Å². The maximum Gasteiger partial charge on any atom is 0.181 e. The van der Waals surface area contributed by atoms with Gasteiger partial charge in [0.2, 0.25) is 0 Å². The van der Waals surface area contributed by atoms with E-state index < -0.39 is 11.5 Å². The zero-order valence-corrected chi connectivity index (χ0v) is 10.6. The Morgan fingerprint density at radius 1 is 1.59 bits per heavy atom. The first-order valence-corrected chi connectivity index (χ1v) is 6.02. The van der Waals surface area contributed by atoms with E-state index in [-0.39, 0.29) is 11.8 Å². The van der Waals surface area contributed by atoms with E-state index in [0.717, 1.165) is 5.56 Å². The molecule has 0 aromatic heterocycles. The van der Waals surface area contributed by atoms with Crippen LogP contribution in [0.25, 0.3) is 0 Å². The van der Waals surface area contributed by atoms with E-state index in [2.05, 4.69) is 10.6 Å². The molecule has 3 rings (SSSR count). The van der Waals surface area contributed by atoms with Crippen molar-refractivity contribution in [2.24, 2.45) is 0 Å². The molecule has 0 spiro atoms. The average molecular weight is 273 g/mol. The summed E-state index contributed by atoms with van der Waals surface area (Å²) in [6, 6.07) is 2.90. The topological polar surface area (TPSA) is 33.3 Å². The smallest absolute Gasteiger partial charge is 0.181 e. The third-order valence-corrected chi connectivity index (χ3v) is 3.45. The van der Waals surface area contributed by atoms with Crippen LogP contribution in [0.4, 0.5) is 4.39 Å². The van der Waals surface area contributed by atoms with Crippen LogP contribution < -0.4 is 15.4 Å². The molecule has 1 aromatic carbocycles. The van der Waals surface area contributed by atoms with E-state index in [1.54, 1.807) is 6.07 Å². The molecule has 1 aromatic rings. The summed E-state index contributed by atoms with van der Waals surface area (Å²) in [5.41, 5.74) is 0.0608. The quantitative estimate of drug-likeness (QED) is 0.711. The highest BCUT2D eigenvalue weighted by Gasteiger charge is 2.43. The molecule has 3 nitrogen and oxygen atoms in total. The SMILES string of the molecule is CC12CC(NC(=S)N1)c1cc(Cl)cc(F)c1O2. The number of hydrogen-bond donors (Lipinski definition) is 2. The number of fused-ring (bicyclic) bond motifs is 4. The minimum Gasteiger partial charge on any atom is -0.465 e. The maximum absolute atomic E-state index is 13.8. The van der Waals surface area contributed by atoms with Gasteiger partial charge in [-0.1, -0.05) is 11.6 Å². The molecule has 0 amide bonds. The van der Waals surface area contributed by atoms with Gasteiger partial charge in [-0.15, -0.1) is 0 Å². The van der Waals surface area contributed by atoms with Gasteiger partial charge in [0.05, 0.1) is 6.04 Å². The van der Waals surface area contributed by atoms with Crippen LogP contribution in [0.15, 0.2) is 12.1 Å². The number of rotatable bonds is 0. The highest BCUT2D eigenvalue weighted by atomic mass is 35.5. The molecule has 1 saturated heterocycles. The van der Waals surface area contributed by atoms with Crippen molar-refractivity contribution in [3.05, 3.63) is 28.5 Å². The van der Waals surface area contributed by atoms with Crippen molar-refractivity contribution in [1.82, 2.24) is 10.6 Å². The number of ether oxygens (including phenoxy) is 1. The number of hydrogen-bond acceptors (Lipinski definition) is 2. The second-order valence-electron chi connectivity index (χ2n) is 4.49. The molecule has 2 atom stereocenters. The van der Waals surface area contributed by atoms with Crippen molar-refractivity contribution in [3.8, 4) is 5.75 Å². The Morgan fingerprint density at radius 2 is 2.35 bits per heavy atom. The van der Waals surface area contributed by atoms with E-state index in [1.807, 2.05) is 6.92 Å². The lowest BCUT2D eigenvalue weighted by molar-refractivity contribution is 0.0208. The predicted molar refractivity (Wildman–Crippen MR) is 66.7 cm³/mol. The largest absolute Gasteiger partial charge is 0.465 e.